The minimum absolute atomic E-state index is 0.0763. The van der Waals surface area contributed by atoms with Crippen molar-refractivity contribution in [1.82, 2.24) is 4.90 Å². The maximum Gasteiger partial charge on any atom is 0.295 e. The quantitative estimate of drug-likeness (QED) is 0.195. The van der Waals surface area contributed by atoms with E-state index in [1.165, 1.54) is 23.1 Å². The first-order valence-corrected chi connectivity index (χ1v) is 9.22. The number of benzene rings is 2. The van der Waals surface area contributed by atoms with Crippen LogP contribution in [0.3, 0.4) is 0 Å². The number of likely N-dealkylation sites (tertiary alicyclic amines) is 1. The van der Waals surface area contributed by atoms with Gasteiger partial charge in [0.15, 0.2) is 0 Å². The van der Waals surface area contributed by atoms with Crippen LogP contribution in [-0.4, -0.2) is 38.5 Å². The van der Waals surface area contributed by atoms with E-state index in [-0.39, 0.29) is 23.6 Å². The maximum atomic E-state index is 12.6. The van der Waals surface area contributed by atoms with Gasteiger partial charge in [-0.1, -0.05) is 58.4 Å². The number of hydrogen-bond acceptors (Lipinski definition) is 5. The number of alkyl halides is 1. The van der Waals surface area contributed by atoms with Gasteiger partial charge in [0.2, 0.25) is 0 Å². The molecule has 1 heterocycles. The molecule has 0 unspecified atom stereocenters. The highest BCUT2D eigenvalue weighted by molar-refractivity contribution is 9.09. The summed E-state index contributed by atoms with van der Waals surface area (Å²) < 4.78 is 0. The van der Waals surface area contributed by atoms with Crippen LogP contribution in [0.5, 0.6) is 0 Å². The minimum atomic E-state index is -0.900. The predicted octanol–water partition coefficient (Wildman–Crippen LogP) is 3.41. The summed E-state index contributed by atoms with van der Waals surface area (Å²) >= 11 is 3.25. The molecule has 0 spiro atoms. The molecule has 1 aliphatic heterocycles. The standard InChI is InChI=1S/C19H15BrN2O5/c20-9-10-21-16(13-7-4-8-14(11-13)22(26)27)15(18(24)19(21)25)17(23)12-5-2-1-3-6-12/h1-8,11,16,23H,9-10H2/b17-15+/t16-/m0/s1. The third-order valence-electron chi connectivity index (χ3n) is 4.31. The lowest BCUT2D eigenvalue weighted by Gasteiger charge is -2.24. The topological polar surface area (TPSA) is 101 Å². The molecule has 0 saturated carbocycles. The second-order valence-corrected chi connectivity index (χ2v) is 6.69. The van der Waals surface area contributed by atoms with Gasteiger partial charge in [0.25, 0.3) is 17.4 Å². The normalized spacial score (nSPS) is 18.7. The van der Waals surface area contributed by atoms with Crippen LogP contribution < -0.4 is 0 Å². The zero-order chi connectivity index (χ0) is 19.6. The second-order valence-electron chi connectivity index (χ2n) is 5.90. The number of nitro groups is 1. The Morgan fingerprint density at radius 2 is 1.85 bits per heavy atom. The minimum Gasteiger partial charge on any atom is -0.507 e. The van der Waals surface area contributed by atoms with E-state index < -0.39 is 22.7 Å². The van der Waals surface area contributed by atoms with Gasteiger partial charge < -0.3 is 10.0 Å². The van der Waals surface area contributed by atoms with Crippen LogP contribution in [-0.2, 0) is 9.59 Å². The zero-order valence-electron chi connectivity index (χ0n) is 14.0. The van der Waals surface area contributed by atoms with Crippen molar-refractivity contribution >= 4 is 39.1 Å². The number of amides is 1. The average molecular weight is 431 g/mol. The molecule has 0 aromatic heterocycles. The number of hydrogen-bond donors (Lipinski definition) is 1. The first kappa shape index (κ1) is 18.8. The third-order valence-corrected chi connectivity index (χ3v) is 4.66. The van der Waals surface area contributed by atoms with Gasteiger partial charge in [-0.2, -0.15) is 0 Å². The van der Waals surface area contributed by atoms with Crippen LogP contribution in [0, 0.1) is 10.1 Å². The summed E-state index contributed by atoms with van der Waals surface area (Å²) in [5.74, 6) is -1.86. The number of non-ortho nitro benzene ring substituents is 1. The lowest BCUT2D eigenvalue weighted by molar-refractivity contribution is -0.384. The first-order chi connectivity index (χ1) is 13.0. The van der Waals surface area contributed by atoms with E-state index in [9.17, 15) is 24.8 Å². The maximum absolute atomic E-state index is 12.6. The molecule has 27 heavy (non-hydrogen) atoms. The molecule has 2 aromatic rings. The molecule has 0 bridgehead atoms. The molecule has 1 saturated heterocycles. The van der Waals surface area contributed by atoms with Crippen molar-refractivity contribution in [3.63, 3.8) is 0 Å². The highest BCUT2D eigenvalue weighted by Crippen LogP contribution is 2.40. The molecule has 1 amide bonds. The molecule has 8 heteroatoms. The van der Waals surface area contributed by atoms with Gasteiger partial charge in [0, 0.05) is 29.6 Å². The Bertz CT molecular complexity index is 942. The monoisotopic (exact) mass is 430 g/mol. The van der Waals surface area contributed by atoms with Gasteiger partial charge in [0.05, 0.1) is 16.5 Å². The smallest absolute Gasteiger partial charge is 0.295 e. The van der Waals surface area contributed by atoms with Gasteiger partial charge in [-0.15, -0.1) is 0 Å². The predicted molar refractivity (Wildman–Crippen MR) is 102 cm³/mol. The summed E-state index contributed by atoms with van der Waals surface area (Å²) in [6.45, 7) is 0.212. The highest BCUT2D eigenvalue weighted by atomic mass is 79.9. The molecule has 1 aliphatic rings. The molecule has 0 aliphatic carbocycles. The number of halogens is 1. The summed E-state index contributed by atoms with van der Waals surface area (Å²) in [5, 5.41) is 22.3. The van der Waals surface area contributed by atoms with E-state index in [1.807, 2.05) is 0 Å². The number of nitro benzene ring substituents is 1. The van der Waals surface area contributed by atoms with Crippen molar-refractivity contribution in [2.24, 2.45) is 0 Å². The fourth-order valence-corrected chi connectivity index (χ4v) is 3.49. The van der Waals surface area contributed by atoms with Crippen molar-refractivity contribution in [1.29, 1.82) is 0 Å². The highest BCUT2D eigenvalue weighted by Gasteiger charge is 2.46. The van der Waals surface area contributed by atoms with E-state index in [0.29, 0.717) is 16.5 Å². The Hall–Kier alpha value is -3.00. The SMILES string of the molecule is O=C1C(=O)N(CCBr)[C@@H](c2cccc([N+](=O)[O-])c2)/C1=C(\O)c1ccccc1. The number of ketones is 1. The van der Waals surface area contributed by atoms with E-state index in [4.69, 9.17) is 0 Å². The number of Topliss-reactive ketones (excluding diaryl/α,β-unsaturated/α-hetero) is 1. The van der Waals surface area contributed by atoms with Gasteiger partial charge in [-0.25, -0.2) is 0 Å². The number of carbonyl (C=O) groups excluding carboxylic acids is 2. The van der Waals surface area contributed by atoms with E-state index in [2.05, 4.69) is 15.9 Å². The summed E-state index contributed by atoms with van der Waals surface area (Å²) in [5.41, 5.74) is 0.552. The molecule has 2 aromatic carbocycles. The van der Waals surface area contributed by atoms with Crippen LogP contribution in [0.4, 0.5) is 5.69 Å². The summed E-state index contributed by atoms with van der Waals surface area (Å²) in [6.07, 6.45) is 0. The Labute approximate surface area is 163 Å². The van der Waals surface area contributed by atoms with Crippen LogP contribution in [0.1, 0.15) is 17.2 Å². The van der Waals surface area contributed by atoms with Crippen molar-refractivity contribution in [3.05, 3.63) is 81.4 Å². The van der Waals surface area contributed by atoms with Crippen molar-refractivity contribution < 1.29 is 19.6 Å². The Morgan fingerprint density at radius 1 is 1.15 bits per heavy atom. The summed E-state index contributed by atoms with van der Waals surface area (Å²) in [6, 6.07) is 13.2. The third kappa shape index (κ3) is 3.48. The lowest BCUT2D eigenvalue weighted by atomic mass is 9.95. The van der Waals surface area contributed by atoms with Crippen molar-refractivity contribution in [3.8, 4) is 0 Å². The van der Waals surface area contributed by atoms with E-state index >= 15 is 0 Å². The molecule has 0 radical (unpaired) electrons. The molecular weight excluding hydrogens is 416 g/mol. The van der Waals surface area contributed by atoms with Gasteiger partial charge in [-0.05, 0) is 5.56 Å². The largest absolute Gasteiger partial charge is 0.507 e. The average Bonchev–Trinajstić information content (AvgIpc) is 2.93. The number of rotatable bonds is 5. The Balaban J connectivity index is 2.21. The molecule has 1 fully saturated rings. The first-order valence-electron chi connectivity index (χ1n) is 8.10. The number of aliphatic hydroxyl groups is 1. The molecule has 1 N–H and O–H groups in total. The second kappa shape index (κ2) is 7.71. The zero-order valence-corrected chi connectivity index (χ0v) is 15.6. The molecule has 1 atom stereocenters. The molecule has 138 valence electrons. The molecule has 7 nitrogen and oxygen atoms in total. The van der Waals surface area contributed by atoms with Crippen molar-refractivity contribution in [2.75, 3.05) is 11.9 Å². The van der Waals surface area contributed by atoms with Crippen LogP contribution >= 0.6 is 15.9 Å². The van der Waals surface area contributed by atoms with Crippen LogP contribution in [0.25, 0.3) is 5.76 Å². The fourth-order valence-electron chi connectivity index (χ4n) is 3.11. The lowest BCUT2D eigenvalue weighted by Crippen LogP contribution is -2.31. The molecule has 3 rings (SSSR count). The van der Waals surface area contributed by atoms with E-state index in [1.54, 1.807) is 36.4 Å². The fraction of sp³-hybridized carbons (Fsp3) is 0.158. The Morgan fingerprint density at radius 3 is 2.48 bits per heavy atom. The van der Waals surface area contributed by atoms with E-state index in [0.717, 1.165) is 0 Å². The van der Waals surface area contributed by atoms with Gasteiger partial charge in [-0.3, -0.25) is 19.7 Å². The molecular formula is C19H15BrN2O5. The van der Waals surface area contributed by atoms with Gasteiger partial charge in [0.1, 0.15) is 5.76 Å². The van der Waals surface area contributed by atoms with Crippen molar-refractivity contribution in [2.45, 2.75) is 6.04 Å². The number of nitrogens with zero attached hydrogens (tertiary/aromatic N) is 2. The number of carbonyl (C=O) groups is 2. The van der Waals surface area contributed by atoms with Gasteiger partial charge >= 0.3 is 0 Å². The number of aliphatic hydroxyl groups excluding tert-OH is 1. The summed E-state index contributed by atoms with van der Waals surface area (Å²) in [4.78, 5) is 37.1. The van der Waals surface area contributed by atoms with Crippen LogP contribution in [0.15, 0.2) is 60.2 Å². The van der Waals surface area contributed by atoms with Crippen LogP contribution in [0.2, 0.25) is 0 Å². The Kier molecular flexibility index (Phi) is 5.36. The summed E-state index contributed by atoms with van der Waals surface area (Å²) in [7, 11) is 0.